The molecule has 0 rings (SSSR count). The van der Waals surface area contributed by atoms with Gasteiger partial charge in [0.15, 0.2) is 0 Å². The van der Waals surface area contributed by atoms with Gasteiger partial charge in [-0.3, -0.25) is 8.42 Å². The molecule has 0 aliphatic carbocycles. The van der Waals surface area contributed by atoms with Crippen LogP contribution in [0, 0.1) is 0 Å². The summed E-state index contributed by atoms with van der Waals surface area (Å²) in [6.07, 6.45) is 0. The van der Waals surface area contributed by atoms with Gasteiger partial charge in [-0.1, -0.05) is 0 Å². The Balaban J connectivity index is -0.0000000750. The van der Waals surface area contributed by atoms with Crippen molar-refractivity contribution < 1.29 is 37.3 Å². The van der Waals surface area contributed by atoms with E-state index in [0.29, 0.717) is 0 Å². The zero-order valence-electron chi connectivity index (χ0n) is 3.46. The van der Waals surface area contributed by atoms with Crippen LogP contribution in [0.4, 0.5) is 0 Å². The van der Waals surface area contributed by atoms with Crippen molar-refractivity contribution in [3.8, 4) is 0 Å². The molecule has 0 aromatic rings. The topological polar surface area (TPSA) is 97.3 Å². The van der Waals surface area contributed by atoms with E-state index in [1.807, 2.05) is 0 Å². The van der Waals surface area contributed by atoms with Crippen molar-refractivity contribution in [3.63, 3.8) is 0 Å². The van der Waals surface area contributed by atoms with Crippen molar-refractivity contribution in [1.29, 1.82) is 0 Å². The quantitative estimate of drug-likeness (QED) is 0.260. The first-order valence-corrected chi connectivity index (χ1v) is 2.51. The maximum absolute atomic E-state index is 8.52. The fraction of sp³-hybridized carbons (Fsp3) is 0. The van der Waals surface area contributed by atoms with Gasteiger partial charge in [-0.05, 0) is 0 Å². The second-order valence-electron chi connectivity index (χ2n) is 0.408. The van der Waals surface area contributed by atoms with Crippen molar-refractivity contribution in [1.82, 2.24) is 0 Å². The van der Waals surface area contributed by atoms with Crippen LogP contribution in [-0.2, 0) is 30.2 Å². The Hall–Kier alpha value is 0.956. The molecular formula is CuMgO5S. The van der Waals surface area contributed by atoms with E-state index in [2.05, 4.69) is 15.9 Å². The SMILES string of the molecule is O=S(=O)([O-])[O-].[Mg+2].[O]=[Cu]. The van der Waals surface area contributed by atoms with E-state index in [4.69, 9.17) is 21.4 Å². The monoisotopic (exact) mass is 199 g/mol. The van der Waals surface area contributed by atoms with Crippen LogP contribution in [0.15, 0.2) is 0 Å². The van der Waals surface area contributed by atoms with Crippen LogP contribution in [0.5, 0.6) is 0 Å². The first kappa shape index (κ1) is 16.0. The average Bonchev–Trinajstić information content (AvgIpc) is 1.36. The Morgan fingerprint density at radius 1 is 1.12 bits per heavy atom. The van der Waals surface area contributed by atoms with Gasteiger partial charge in [-0.2, -0.15) is 0 Å². The predicted molar refractivity (Wildman–Crippen MR) is 16.9 cm³/mol. The third-order valence-electron chi connectivity index (χ3n) is 0. The van der Waals surface area contributed by atoms with Crippen molar-refractivity contribution in [2.24, 2.45) is 0 Å². The zero-order valence-corrected chi connectivity index (χ0v) is 6.63. The molecule has 0 aromatic carbocycles. The van der Waals surface area contributed by atoms with Gasteiger partial charge in [0.2, 0.25) is 0 Å². The normalized spacial score (nSPS) is 8.00. The zero-order chi connectivity index (χ0) is 6.50. The molecule has 0 fully saturated rings. The van der Waals surface area contributed by atoms with Crippen LogP contribution < -0.4 is 0 Å². The molecule has 0 heterocycles. The van der Waals surface area contributed by atoms with Crippen molar-refractivity contribution in [2.75, 3.05) is 0 Å². The molecule has 0 atom stereocenters. The molecule has 0 saturated heterocycles. The average molecular weight is 200 g/mol. The summed E-state index contributed by atoms with van der Waals surface area (Å²) in [4.78, 5) is 0. The predicted octanol–water partition coefficient (Wildman–Crippen LogP) is -1.84. The van der Waals surface area contributed by atoms with Gasteiger partial charge in [0, 0.05) is 10.4 Å². The van der Waals surface area contributed by atoms with Crippen LogP contribution in [0.2, 0.25) is 0 Å². The molecule has 0 unspecified atom stereocenters. The molecule has 0 aliphatic heterocycles. The Kier molecular flexibility index (Phi) is 15.9. The standard InChI is InChI=1S/Cu.Mg.H2O4S.O/c;;1-5(2,3)4;/h;;(H2,1,2,3,4);/q;+2;;/p-2. The summed E-state index contributed by atoms with van der Waals surface area (Å²) in [5, 5.41) is 0. The number of hydrogen-bond acceptors (Lipinski definition) is 5. The fourth-order valence-electron chi connectivity index (χ4n) is 0. The molecule has 8 heavy (non-hydrogen) atoms. The molecule has 0 saturated carbocycles. The van der Waals surface area contributed by atoms with Crippen LogP contribution in [0.3, 0.4) is 0 Å². The molecule has 8 heteroatoms. The van der Waals surface area contributed by atoms with Gasteiger partial charge in [-0.15, -0.1) is 0 Å². The molecule has 0 bridgehead atoms. The van der Waals surface area contributed by atoms with Gasteiger partial charge in [0.1, 0.15) is 0 Å². The van der Waals surface area contributed by atoms with E-state index in [1.54, 1.807) is 0 Å². The number of hydrogen-bond donors (Lipinski definition) is 0. The third kappa shape index (κ3) is 270. The van der Waals surface area contributed by atoms with Crippen LogP contribution in [0.1, 0.15) is 0 Å². The summed E-state index contributed by atoms with van der Waals surface area (Å²) in [7, 11) is -5.17. The fourth-order valence-corrected chi connectivity index (χ4v) is 0. The summed E-state index contributed by atoms with van der Waals surface area (Å²) >= 11 is 2.94. The Morgan fingerprint density at radius 2 is 1.12 bits per heavy atom. The molecule has 0 aliphatic rings. The van der Waals surface area contributed by atoms with Gasteiger partial charge >= 0.3 is 42.8 Å². The van der Waals surface area contributed by atoms with Gasteiger partial charge in [0.05, 0.1) is 0 Å². The molecule has 49 valence electrons. The Labute approximate surface area is 70.6 Å². The van der Waals surface area contributed by atoms with Crippen molar-refractivity contribution in [2.45, 2.75) is 0 Å². The van der Waals surface area contributed by atoms with Crippen molar-refractivity contribution in [3.05, 3.63) is 0 Å². The molecule has 0 spiro atoms. The van der Waals surface area contributed by atoms with Crippen molar-refractivity contribution >= 4 is 33.5 Å². The Bertz CT molecular complexity index is 106. The molecule has 0 radical (unpaired) electrons. The van der Waals surface area contributed by atoms with E-state index in [-0.39, 0.29) is 23.1 Å². The first-order chi connectivity index (χ1) is 3.00. The summed E-state index contributed by atoms with van der Waals surface area (Å²) < 4.78 is 41.9. The van der Waals surface area contributed by atoms with E-state index in [1.165, 1.54) is 0 Å². The second kappa shape index (κ2) is 7.96. The summed E-state index contributed by atoms with van der Waals surface area (Å²) in [6, 6.07) is 0. The van der Waals surface area contributed by atoms with Crippen LogP contribution >= 0.6 is 0 Å². The molecule has 0 N–H and O–H groups in total. The van der Waals surface area contributed by atoms with E-state index in [0.717, 1.165) is 0 Å². The summed E-state index contributed by atoms with van der Waals surface area (Å²) in [6.45, 7) is 0. The summed E-state index contributed by atoms with van der Waals surface area (Å²) in [5.41, 5.74) is 0. The number of rotatable bonds is 0. The molecule has 5 nitrogen and oxygen atoms in total. The Morgan fingerprint density at radius 3 is 1.12 bits per heavy atom. The molecular weight excluding hydrogens is 200 g/mol. The van der Waals surface area contributed by atoms with Gasteiger partial charge in [-0.25, -0.2) is 0 Å². The van der Waals surface area contributed by atoms with Gasteiger partial charge < -0.3 is 9.11 Å². The maximum atomic E-state index is 8.52. The van der Waals surface area contributed by atoms with E-state index < -0.39 is 10.4 Å². The van der Waals surface area contributed by atoms with Crippen LogP contribution in [-0.4, -0.2) is 40.6 Å². The second-order valence-corrected chi connectivity index (χ2v) is 1.22. The molecule has 0 amide bonds. The molecule has 0 aromatic heterocycles. The van der Waals surface area contributed by atoms with Crippen LogP contribution in [0.25, 0.3) is 0 Å². The van der Waals surface area contributed by atoms with E-state index >= 15 is 0 Å². The minimum atomic E-state index is -5.17. The first-order valence-electron chi connectivity index (χ1n) is 0.790. The van der Waals surface area contributed by atoms with E-state index in [9.17, 15) is 0 Å². The third-order valence-corrected chi connectivity index (χ3v) is 0. The minimum absolute atomic E-state index is 0. The summed E-state index contributed by atoms with van der Waals surface area (Å²) in [5.74, 6) is 0. The van der Waals surface area contributed by atoms with Gasteiger partial charge in [0.25, 0.3) is 0 Å².